The maximum Gasteiger partial charge on any atom is 0.138 e. The summed E-state index contributed by atoms with van der Waals surface area (Å²) in [5.41, 5.74) is 6.67. The SMILES string of the molecule is CC(N)C(Oc1ccc(F)cc1)c1ccc(F)cc1. The third-order valence-electron chi connectivity index (χ3n) is 2.75. The molecular weight excluding hydrogens is 248 g/mol. The van der Waals surface area contributed by atoms with Crippen molar-refractivity contribution in [2.24, 2.45) is 5.73 Å². The highest BCUT2D eigenvalue weighted by Gasteiger charge is 2.18. The summed E-state index contributed by atoms with van der Waals surface area (Å²) in [7, 11) is 0. The third-order valence-corrected chi connectivity index (χ3v) is 2.75. The molecule has 0 saturated carbocycles. The van der Waals surface area contributed by atoms with Gasteiger partial charge in [-0.3, -0.25) is 0 Å². The van der Waals surface area contributed by atoms with Crippen LogP contribution in [0.25, 0.3) is 0 Å². The van der Waals surface area contributed by atoms with Crippen molar-refractivity contribution in [2.75, 3.05) is 0 Å². The lowest BCUT2D eigenvalue weighted by Gasteiger charge is -2.23. The lowest BCUT2D eigenvalue weighted by Crippen LogP contribution is -2.29. The second-order valence-corrected chi connectivity index (χ2v) is 4.40. The van der Waals surface area contributed by atoms with Crippen molar-refractivity contribution < 1.29 is 13.5 Å². The average molecular weight is 263 g/mol. The van der Waals surface area contributed by atoms with E-state index in [4.69, 9.17) is 10.5 Å². The molecule has 19 heavy (non-hydrogen) atoms. The highest BCUT2D eigenvalue weighted by Crippen LogP contribution is 2.24. The predicted octanol–water partition coefficient (Wildman–Crippen LogP) is 3.43. The Morgan fingerprint density at radius 3 is 1.84 bits per heavy atom. The van der Waals surface area contributed by atoms with E-state index in [-0.39, 0.29) is 17.7 Å². The second-order valence-electron chi connectivity index (χ2n) is 4.40. The maximum atomic E-state index is 12.9. The van der Waals surface area contributed by atoms with E-state index in [1.807, 2.05) is 0 Å². The smallest absolute Gasteiger partial charge is 0.138 e. The summed E-state index contributed by atoms with van der Waals surface area (Å²) in [5.74, 6) is -0.117. The van der Waals surface area contributed by atoms with E-state index in [1.54, 1.807) is 19.1 Å². The first-order valence-electron chi connectivity index (χ1n) is 5.99. The van der Waals surface area contributed by atoms with Gasteiger partial charge in [0.05, 0.1) is 0 Å². The van der Waals surface area contributed by atoms with Gasteiger partial charge in [0.25, 0.3) is 0 Å². The molecule has 0 aliphatic heterocycles. The molecule has 2 aromatic carbocycles. The van der Waals surface area contributed by atoms with Crippen molar-refractivity contribution in [3.05, 3.63) is 65.7 Å². The minimum absolute atomic E-state index is 0.282. The second kappa shape index (κ2) is 5.80. The predicted molar refractivity (Wildman–Crippen MR) is 69.8 cm³/mol. The van der Waals surface area contributed by atoms with Gasteiger partial charge in [0.2, 0.25) is 0 Å². The number of hydrogen-bond acceptors (Lipinski definition) is 2. The molecule has 0 aliphatic rings. The molecule has 0 bridgehead atoms. The molecule has 0 heterocycles. The Balaban J connectivity index is 2.21. The van der Waals surface area contributed by atoms with Crippen LogP contribution in [-0.2, 0) is 0 Å². The minimum atomic E-state index is -0.411. The van der Waals surface area contributed by atoms with Crippen molar-refractivity contribution in [1.29, 1.82) is 0 Å². The molecule has 0 aliphatic carbocycles. The van der Waals surface area contributed by atoms with Crippen LogP contribution in [-0.4, -0.2) is 6.04 Å². The normalized spacial score (nSPS) is 13.9. The first-order valence-corrected chi connectivity index (χ1v) is 5.99. The van der Waals surface area contributed by atoms with Gasteiger partial charge in [-0.2, -0.15) is 0 Å². The number of rotatable bonds is 4. The number of benzene rings is 2. The Morgan fingerprint density at radius 2 is 1.37 bits per heavy atom. The van der Waals surface area contributed by atoms with E-state index in [9.17, 15) is 8.78 Å². The molecule has 2 rings (SSSR count). The van der Waals surface area contributed by atoms with Crippen LogP contribution in [0.3, 0.4) is 0 Å². The van der Waals surface area contributed by atoms with Crippen LogP contribution in [0.4, 0.5) is 8.78 Å². The Kier molecular flexibility index (Phi) is 4.12. The van der Waals surface area contributed by atoms with E-state index in [0.29, 0.717) is 5.75 Å². The van der Waals surface area contributed by atoms with Crippen LogP contribution in [0.15, 0.2) is 48.5 Å². The molecule has 2 N–H and O–H groups in total. The van der Waals surface area contributed by atoms with Gasteiger partial charge in [0, 0.05) is 6.04 Å². The topological polar surface area (TPSA) is 35.2 Å². The molecule has 2 aromatic rings. The monoisotopic (exact) mass is 263 g/mol. The largest absolute Gasteiger partial charge is 0.484 e. The quantitative estimate of drug-likeness (QED) is 0.917. The third kappa shape index (κ3) is 3.51. The highest BCUT2D eigenvalue weighted by atomic mass is 19.1. The van der Waals surface area contributed by atoms with Crippen molar-refractivity contribution >= 4 is 0 Å². The van der Waals surface area contributed by atoms with Crippen LogP contribution in [0.2, 0.25) is 0 Å². The fourth-order valence-corrected chi connectivity index (χ4v) is 1.79. The van der Waals surface area contributed by atoms with Gasteiger partial charge in [-0.15, -0.1) is 0 Å². The average Bonchev–Trinajstić information content (AvgIpc) is 2.39. The first-order chi connectivity index (χ1) is 9.06. The number of hydrogen-bond donors (Lipinski definition) is 1. The molecule has 0 fully saturated rings. The maximum absolute atomic E-state index is 12.9. The molecular formula is C15H15F2NO. The van der Waals surface area contributed by atoms with Crippen molar-refractivity contribution in [1.82, 2.24) is 0 Å². The van der Waals surface area contributed by atoms with Crippen molar-refractivity contribution in [2.45, 2.75) is 19.1 Å². The van der Waals surface area contributed by atoms with Gasteiger partial charge in [-0.25, -0.2) is 8.78 Å². The molecule has 100 valence electrons. The zero-order chi connectivity index (χ0) is 13.8. The Bertz CT molecular complexity index is 523. The van der Waals surface area contributed by atoms with Crippen LogP contribution >= 0.6 is 0 Å². The zero-order valence-corrected chi connectivity index (χ0v) is 10.5. The lowest BCUT2D eigenvalue weighted by molar-refractivity contribution is 0.180. The molecule has 0 saturated heterocycles. The van der Waals surface area contributed by atoms with Crippen LogP contribution in [0, 0.1) is 11.6 Å². The van der Waals surface area contributed by atoms with Gasteiger partial charge >= 0.3 is 0 Å². The van der Waals surface area contributed by atoms with E-state index in [2.05, 4.69) is 0 Å². The van der Waals surface area contributed by atoms with Crippen LogP contribution in [0.5, 0.6) is 5.75 Å². The minimum Gasteiger partial charge on any atom is -0.484 e. The fourth-order valence-electron chi connectivity index (χ4n) is 1.79. The van der Waals surface area contributed by atoms with Gasteiger partial charge in [0.1, 0.15) is 23.5 Å². The zero-order valence-electron chi connectivity index (χ0n) is 10.5. The van der Waals surface area contributed by atoms with Crippen molar-refractivity contribution in [3.63, 3.8) is 0 Å². The van der Waals surface area contributed by atoms with Gasteiger partial charge in [0.15, 0.2) is 0 Å². The lowest BCUT2D eigenvalue weighted by atomic mass is 10.0. The highest BCUT2D eigenvalue weighted by molar-refractivity contribution is 5.26. The summed E-state index contributed by atoms with van der Waals surface area (Å²) in [6, 6.07) is 11.4. The number of halogens is 2. The van der Waals surface area contributed by atoms with E-state index in [1.165, 1.54) is 36.4 Å². The van der Waals surface area contributed by atoms with Crippen LogP contribution in [0.1, 0.15) is 18.6 Å². The molecule has 2 atom stereocenters. The van der Waals surface area contributed by atoms with E-state index < -0.39 is 6.10 Å². The molecule has 0 spiro atoms. The Labute approximate surface area is 110 Å². The number of ether oxygens (including phenoxy) is 1. The van der Waals surface area contributed by atoms with Gasteiger partial charge in [-0.05, 0) is 48.9 Å². The van der Waals surface area contributed by atoms with Gasteiger partial charge < -0.3 is 10.5 Å². The molecule has 0 radical (unpaired) electrons. The molecule has 0 aromatic heterocycles. The summed E-state index contributed by atoms with van der Waals surface area (Å²) in [6.45, 7) is 1.80. The summed E-state index contributed by atoms with van der Waals surface area (Å²) >= 11 is 0. The summed E-state index contributed by atoms with van der Waals surface area (Å²) < 4.78 is 31.5. The standard InChI is InChI=1S/C15H15F2NO/c1-10(18)15(11-2-4-12(16)5-3-11)19-14-8-6-13(17)7-9-14/h2-10,15H,18H2,1H3. The summed E-state index contributed by atoms with van der Waals surface area (Å²) in [4.78, 5) is 0. The summed E-state index contributed by atoms with van der Waals surface area (Å²) in [5, 5.41) is 0. The van der Waals surface area contributed by atoms with E-state index in [0.717, 1.165) is 5.56 Å². The molecule has 0 amide bonds. The fraction of sp³-hybridized carbons (Fsp3) is 0.200. The molecule has 2 unspecified atom stereocenters. The number of nitrogens with two attached hydrogens (primary N) is 1. The Morgan fingerprint density at radius 1 is 0.895 bits per heavy atom. The molecule has 2 nitrogen and oxygen atoms in total. The van der Waals surface area contributed by atoms with Gasteiger partial charge in [-0.1, -0.05) is 12.1 Å². The molecule has 4 heteroatoms. The first kappa shape index (κ1) is 13.5. The van der Waals surface area contributed by atoms with Crippen molar-refractivity contribution in [3.8, 4) is 5.75 Å². The van der Waals surface area contributed by atoms with E-state index >= 15 is 0 Å². The summed E-state index contributed by atoms with van der Waals surface area (Å²) in [6.07, 6.45) is -0.411. The van der Waals surface area contributed by atoms with Crippen LogP contribution < -0.4 is 10.5 Å². The Hall–Kier alpha value is -1.94.